The Labute approximate surface area is 87.1 Å². The topological polar surface area (TPSA) is 0 Å². The lowest BCUT2D eigenvalue weighted by Gasteiger charge is -2.12. The van der Waals surface area contributed by atoms with Crippen LogP contribution in [0.2, 0.25) is 0 Å². The molecule has 0 atom stereocenters. The van der Waals surface area contributed by atoms with Crippen LogP contribution in [0.15, 0.2) is 12.1 Å². The average Bonchev–Trinajstić information content (AvgIpc) is 2.02. The summed E-state index contributed by atoms with van der Waals surface area (Å²) in [6.07, 6.45) is -4.63. The maximum absolute atomic E-state index is 13.3. The smallest absolute Gasteiger partial charge is 0.206 e. The Morgan fingerprint density at radius 2 is 1.86 bits per heavy atom. The van der Waals surface area contributed by atoms with E-state index in [2.05, 4.69) is 15.9 Å². The molecule has 0 fully saturated rings. The van der Waals surface area contributed by atoms with Crippen molar-refractivity contribution in [2.24, 2.45) is 0 Å². The molecule has 0 N–H and O–H groups in total. The molecule has 14 heavy (non-hydrogen) atoms. The molecule has 0 spiro atoms. The molecular formula is C9H7BrF4. The SMILES string of the molecule is Cc1ccc(CBr)c(F)c1C(F)(F)F. The van der Waals surface area contributed by atoms with Crippen LogP contribution in [0.5, 0.6) is 0 Å². The van der Waals surface area contributed by atoms with E-state index in [4.69, 9.17) is 0 Å². The second-order valence-electron chi connectivity index (χ2n) is 2.86. The zero-order valence-electron chi connectivity index (χ0n) is 7.25. The molecule has 0 saturated heterocycles. The highest BCUT2D eigenvalue weighted by atomic mass is 79.9. The van der Waals surface area contributed by atoms with Crippen LogP contribution in [0, 0.1) is 12.7 Å². The van der Waals surface area contributed by atoms with E-state index >= 15 is 0 Å². The molecule has 0 aliphatic rings. The molecule has 0 unspecified atom stereocenters. The maximum atomic E-state index is 13.3. The van der Waals surface area contributed by atoms with Crippen LogP contribution in [-0.4, -0.2) is 0 Å². The van der Waals surface area contributed by atoms with Crippen molar-refractivity contribution in [2.45, 2.75) is 18.4 Å². The normalized spacial score (nSPS) is 11.9. The van der Waals surface area contributed by atoms with Crippen LogP contribution in [0.4, 0.5) is 17.6 Å². The minimum atomic E-state index is -4.63. The number of rotatable bonds is 1. The van der Waals surface area contributed by atoms with Crippen molar-refractivity contribution in [2.75, 3.05) is 0 Å². The Hall–Kier alpha value is -0.580. The van der Waals surface area contributed by atoms with Gasteiger partial charge in [0.05, 0.1) is 5.56 Å². The zero-order valence-corrected chi connectivity index (χ0v) is 8.84. The summed E-state index contributed by atoms with van der Waals surface area (Å²) < 4.78 is 50.4. The first-order valence-corrected chi connectivity index (χ1v) is 4.91. The molecule has 1 aromatic carbocycles. The number of alkyl halides is 4. The Morgan fingerprint density at radius 3 is 2.29 bits per heavy atom. The van der Waals surface area contributed by atoms with Crippen LogP contribution >= 0.6 is 15.9 Å². The Kier molecular flexibility index (Phi) is 3.19. The Morgan fingerprint density at radius 1 is 1.29 bits per heavy atom. The predicted molar refractivity (Wildman–Crippen MR) is 48.8 cm³/mol. The number of hydrogen-bond donors (Lipinski definition) is 0. The molecule has 0 radical (unpaired) electrons. The van der Waals surface area contributed by atoms with Crippen molar-refractivity contribution in [3.63, 3.8) is 0 Å². The van der Waals surface area contributed by atoms with Gasteiger partial charge in [0.1, 0.15) is 5.82 Å². The second-order valence-corrected chi connectivity index (χ2v) is 3.42. The lowest BCUT2D eigenvalue weighted by Crippen LogP contribution is -2.12. The molecule has 1 aromatic rings. The number of hydrogen-bond acceptors (Lipinski definition) is 0. The molecule has 0 amide bonds. The van der Waals surface area contributed by atoms with E-state index in [0.717, 1.165) is 0 Å². The molecule has 0 nitrogen and oxygen atoms in total. The van der Waals surface area contributed by atoms with Crippen molar-refractivity contribution in [1.82, 2.24) is 0 Å². The van der Waals surface area contributed by atoms with Gasteiger partial charge in [-0.3, -0.25) is 0 Å². The van der Waals surface area contributed by atoms with E-state index in [1.807, 2.05) is 0 Å². The molecule has 0 aromatic heterocycles. The highest BCUT2D eigenvalue weighted by Crippen LogP contribution is 2.35. The first-order valence-electron chi connectivity index (χ1n) is 3.79. The van der Waals surface area contributed by atoms with Crippen LogP contribution in [0.3, 0.4) is 0 Å². The molecular weight excluding hydrogens is 264 g/mol. The zero-order chi connectivity index (χ0) is 10.9. The standard InChI is InChI=1S/C9H7BrF4/c1-5-2-3-6(4-10)8(11)7(5)9(12,13)14/h2-3H,4H2,1H3. The minimum Gasteiger partial charge on any atom is -0.206 e. The molecule has 0 aliphatic heterocycles. The van der Waals surface area contributed by atoms with Gasteiger partial charge in [0.25, 0.3) is 0 Å². The summed E-state index contributed by atoms with van der Waals surface area (Å²) >= 11 is 2.93. The van der Waals surface area contributed by atoms with Gasteiger partial charge in [-0.05, 0) is 18.1 Å². The fourth-order valence-corrected chi connectivity index (χ4v) is 1.60. The van der Waals surface area contributed by atoms with Crippen LogP contribution < -0.4 is 0 Å². The van der Waals surface area contributed by atoms with Gasteiger partial charge in [0.15, 0.2) is 0 Å². The van der Waals surface area contributed by atoms with Crippen molar-refractivity contribution in [3.8, 4) is 0 Å². The van der Waals surface area contributed by atoms with Gasteiger partial charge >= 0.3 is 6.18 Å². The lowest BCUT2D eigenvalue weighted by atomic mass is 10.0. The first kappa shape index (κ1) is 11.5. The maximum Gasteiger partial charge on any atom is 0.419 e. The average molecular weight is 271 g/mol. The summed E-state index contributed by atoms with van der Waals surface area (Å²) in [6, 6.07) is 2.61. The van der Waals surface area contributed by atoms with Crippen molar-refractivity contribution in [3.05, 3.63) is 34.6 Å². The van der Waals surface area contributed by atoms with E-state index in [-0.39, 0.29) is 16.5 Å². The third-order valence-corrected chi connectivity index (χ3v) is 2.46. The third-order valence-electron chi connectivity index (χ3n) is 1.86. The van der Waals surface area contributed by atoms with E-state index in [1.165, 1.54) is 19.1 Å². The van der Waals surface area contributed by atoms with Gasteiger partial charge in [-0.25, -0.2) is 4.39 Å². The fraction of sp³-hybridized carbons (Fsp3) is 0.333. The monoisotopic (exact) mass is 270 g/mol. The van der Waals surface area contributed by atoms with Crippen molar-refractivity contribution < 1.29 is 17.6 Å². The molecule has 5 heteroatoms. The Balaban J connectivity index is 3.40. The largest absolute Gasteiger partial charge is 0.419 e. The van der Waals surface area contributed by atoms with Crippen LogP contribution in [0.25, 0.3) is 0 Å². The van der Waals surface area contributed by atoms with Gasteiger partial charge in [-0.2, -0.15) is 13.2 Å². The lowest BCUT2D eigenvalue weighted by molar-refractivity contribution is -0.140. The van der Waals surface area contributed by atoms with E-state index in [0.29, 0.717) is 0 Å². The third kappa shape index (κ3) is 2.08. The van der Waals surface area contributed by atoms with Gasteiger partial charge < -0.3 is 0 Å². The molecule has 0 heterocycles. The van der Waals surface area contributed by atoms with Crippen molar-refractivity contribution in [1.29, 1.82) is 0 Å². The molecule has 78 valence electrons. The van der Waals surface area contributed by atoms with Gasteiger partial charge in [0, 0.05) is 5.33 Å². The summed E-state index contributed by atoms with van der Waals surface area (Å²) in [5.74, 6) is -1.19. The highest BCUT2D eigenvalue weighted by molar-refractivity contribution is 9.08. The van der Waals surface area contributed by atoms with E-state index < -0.39 is 17.6 Å². The summed E-state index contributed by atoms with van der Waals surface area (Å²) in [6.45, 7) is 1.24. The molecule has 0 saturated carbocycles. The molecule has 1 rings (SSSR count). The van der Waals surface area contributed by atoms with Crippen LogP contribution in [0.1, 0.15) is 16.7 Å². The quantitative estimate of drug-likeness (QED) is 0.534. The Bertz CT molecular complexity index is 343. The van der Waals surface area contributed by atoms with Gasteiger partial charge in [-0.15, -0.1) is 0 Å². The summed E-state index contributed by atoms with van der Waals surface area (Å²) in [7, 11) is 0. The highest BCUT2D eigenvalue weighted by Gasteiger charge is 2.36. The van der Waals surface area contributed by atoms with E-state index in [1.54, 1.807) is 0 Å². The first-order chi connectivity index (χ1) is 6.38. The molecule has 0 bridgehead atoms. The van der Waals surface area contributed by atoms with Crippen LogP contribution in [-0.2, 0) is 11.5 Å². The van der Waals surface area contributed by atoms with E-state index in [9.17, 15) is 17.6 Å². The fourth-order valence-electron chi connectivity index (χ4n) is 1.17. The summed E-state index contributed by atoms with van der Waals surface area (Å²) in [5.41, 5.74) is -1.25. The molecule has 0 aliphatic carbocycles. The minimum absolute atomic E-state index is 0.0166. The number of halogens is 5. The van der Waals surface area contributed by atoms with Crippen molar-refractivity contribution >= 4 is 15.9 Å². The second kappa shape index (κ2) is 3.88. The number of aryl methyl sites for hydroxylation is 1. The number of benzene rings is 1. The summed E-state index contributed by atoms with van der Waals surface area (Å²) in [4.78, 5) is 0. The predicted octanol–water partition coefficient (Wildman–Crippen LogP) is 4.05. The van der Waals surface area contributed by atoms with Gasteiger partial charge in [-0.1, -0.05) is 28.1 Å². The van der Waals surface area contributed by atoms with Gasteiger partial charge in [0.2, 0.25) is 0 Å². The summed E-state index contributed by atoms with van der Waals surface area (Å²) in [5, 5.41) is 0.0716.